The van der Waals surface area contributed by atoms with E-state index in [-0.39, 0.29) is 5.24 Å². The highest BCUT2D eigenvalue weighted by Crippen LogP contribution is 2.39. The van der Waals surface area contributed by atoms with Crippen molar-refractivity contribution >= 4 is 69.2 Å². The van der Waals surface area contributed by atoms with Crippen LogP contribution >= 0.6 is 47.2 Å². The van der Waals surface area contributed by atoms with Crippen LogP contribution < -0.4 is 9.64 Å². The number of anilines is 1. The second-order valence-electron chi connectivity index (χ2n) is 6.24. The van der Waals surface area contributed by atoms with Crippen LogP contribution in [0.1, 0.15) is 12.7 Å². The monoisotopic (exact) mass is 475 g/mol. The highest BCUT2D eigenvalue weighted by atomic mass is 35.5. The predicted octanol–water partition coefficient (Wildman–Crippen LogP) is 7.69. The summed E-state index contributed by atoms with van der Waals surface area (Å²) in [5.74, 6) is 1.83. The number of ether oxygens (including phenoxy) is 1. The number of hydrogen-bond acceptors (Lipinski definition) is 5. The molecule has 0 N–H and O–H groups in total. The first-order chi connectivity index (χ1) is 14.5. The van der Waals surface area contributed by atoms with Gasteiger partial charge in [-0.15, -0.1) is 0 Å². The molecule has 152 valence electrons. The van der Waals surface area contributed by atoms with E-state index >= 15 is 0 Å². The molecule has 1 amide bonds. The van der Waals surface area contributed by atoms with Crippen molar-refractivity contribution in [1.29, 1.82) is 0 Å². The smallest absolute Gasteiger partial charge is 0.296 e. The van der Waals surface area contributed by atoms with Crippen LogP contribution in [0.25, 0.3) is 17.4 Å². The van der Waals surface area contributed by atoms with Crippen molar-refractivity contribution < 1.29 is 13.9 Å². The summed E-state index contributed by atoms with van der Waals surface area (Å²) in [4.78, 5) is 15.1. The SMILES string of the molecule is CCOc1ccc(N2C(=O)S/C(=C\c3ccc(-c4c(Cl)cccc4Cl)o3)C2=S)cc1. The molecule has 1 aliphatic rings. The van der Waals surface area contributed by atoms with Crippen LogP contribution in [0.4, 0.5) is 10.5 Å². The van der Waals surface area contributed by atoms with E-state index in [1.807, 2.05) is 31.2 Å². The van der Waals surface area contributed by atoms with Crippen LogP contribution in [0, 0.1) is 0 Å². The maximum atomic E-state index is 12.6. The minimum absolute atomic E-state index is 0.170. The zero-order valence-electron chi connectivity index (χ0n) is 15.7. The molecule has 0 bridgehead atoms. The van der Waals surface area contributed by atoms with E-state index in [0.29, 0.717) is 49.3 Å². The van der Waals surface area contributed by atoms with Gasteiger partial charge in [0.25, 0.3) is 5.24 Å². The molecule has 1 saturated heterocycles. The fourth-order valence-corrected chi connectivity index (χ4v) is 4.82. The van der Waals surface area contributed by atoms with E-state index in [9.17, 15) is 4.79 Å². The Bertz CT molecular complexity index is 1140. The summed E-state index contributed by atoms with van der Waals surface area (Å²) >= 11 is 19.1. The summed E-state index contributed by atoms with van der Waals surface area (Å²) in [5.41, 5.74) is 1.31. The van der Waals surface area contributed by atoms with E-state index in [2.05, 4.69) is 0 Å². The lowest BCUT2D eigenvalue weighted by Crippen LogP contribution is -2.26. The first-order valence-electron chi connectivity index (χ1n) is 9.03. The molecule has 4 nitrogen and oxygen atoms in total. The number of benzene rings is 2. The van der Waals surface area contributed by atoms with Gasteiger partial charge in [-0.25, -0.2) is 0 Å². The van der Waals surface area contributed by atoms with Crippen molar-refractivity contribution in [3.05, 3.63) is 75.3 Å². The average Bonchev–Trinajstić information content (AvgIpc) is 3.27. The highest BCUT2D eigenvalue weighted by Gasteiger charge is 2.33. The van der Waals surface area contributed by atoms with Crippen molar-refractivity contribution in [2.45, 2.75) is 6.92 Å². The first kappa shape index (κ1) is 21.0. The van der Waals surface area contributed by atoms with E-state index in [1.165, 1.54) is 4.90 Å². The van der Waals surface area contributed by atoms with Crippen LogP contribution in [0.5, 0.6) is 5.75 Å². The molecular weight excluding hydrogens is 461 g/mol. The Morgan fingerprint density at radius 3 is 2.47 bits per heavy atom. The van der Waals surface area contributed by atoms with Crippen molar-refractivity contribution in [3.63, 3.8) is 0 Å². The van der Waals surface area contributed by atoms with Gasteiger partial charge in [-0.1, -0.05) is 41.5 Å². The third-order valence-corrected chi connectivity index (χ3v) is 6.36. The fraction of sp³-hybridized carbons (Fsp3) is 0.0909. The highest BCUT2D eigenvalue weighted by molar-refractivity contribution is 8.20. The maximum Gasteiger partial charge on any atom is 0.296 e. The molecule has 3 aromatic rings. The van der Waals surface area contributed by atoms with Crippen LogP contribution in [0.3, 0.4) is 0 Å². The van der Waals surface area contributed by atoms with Crippen molar-refractivity contribution in [3.8, 4) is 17.1 Å². The lowest BCUT2D eigenvalue weighted by atomic mass is 10.2. The van der Waals surface area contributed by atoms with Gasteiger partial charge >= 0.3 is 0 Å². The number of furan rings is 1. The van der Waals surface area contributed by atoms with Crippen LogP contribution in [0.2, 0.25) is 10.0 Å². The third-order valence-electron chi connectivity index (χ3n) is 4.31. The average molecular weight is 476 g/mol. The Labute approximate surface area is 193 Å². The van der Waals surface area contributed by atoms with Gasteiger partial charge in [0.05, 0.1) is 32.8 Å². The normalized spacial score (nSPS) is 15.3. The summed E-state index contributed by atoms with van der Waals surface area (Å²) in [6, 6.07) is 16.1. The molecule has 0 saturated carbocycles. The summed E-state index contributed by atoms with van der Waals surface area (Å²) in [6.45, 7) is 2.49. The van der Waals surface area contributed by atoms with E-state index in [1.54, 1.807) is 36.4 Å². The number of hydrogen-bond donors (Lipinski definition) is 0. The van der Waals surface area contributed by atoms with Crippen molar-refractivity contribution in [1.82, 2.24) is 0 Å². The van der Waals surface area contributed by atoms with Crippen molar-refractivity contribution in [2.24, 2.45) is 0 Å². The minimum Gasteiger partial charge on any atom is -0.494 e. The van der Waals surface area contributed by atoms with Gasteiger partial charge < -0.3 is 9.15 Å². The first-order valence-corrected chi connectivity index (χ1v) is 11.0. The Hall–Kier alpha value is -2.25. The summed E-state index contributed by atoms with van der Waals surface area (Å²) < 4.78 is 11.3. The number of amides is 1. The van der Waals surface area contributed by atoms with Gasteiger partial charge in [0.15, 0.2) is 0 Å². The van der Waals surface area contributed by atoms with Crippen molar-refractivity contribution in [2.75, 3.05) is 11.5 Å². The fourth-order valence-electron chi connectivity index (χ4n) is 2.98. The number of halogens is 2. The Kier molecular flexibility index (Phi) is 6.20. The van der Waals surface area contributed by atoms with Crippen LogP contribution in [-0.2, 0) is 0 Å². The van der Waals surface area contributed by atoms with Gasteiger partial charge in [-0.05, 0) is 73.3 Å². The molecule has 0 aliphatic carbocycles. The molecule has 8 heteroatoms. The molecule has 2 aromatic carbocycles. The quantitative estimate of drug-likeness (QED) is 0.279. The number of thiocarbonyl (C=S) groups is 1. The zero-order chi connectivity index (χ0) is 21.3. The van der Waals surface area contributed by atoms with Crippen LogP contribution in [-0.4, -0.2) is 16.8 Å². The topological polar surface area (TPSA) is 42.7 Å². The predicted molar refractivity (Wildman–Crippen MR) is 128 cm³/mol. The Morgan fingerprint density at radius 1 is 1.10 bits per heavy atom. The number of carbonyl (C=O) groups excluding carboxylic acids is 1. The molecule has 1 fully saturated rings. The molecule has 0 radical (unpaired) electrons. The number of carbonyl (C=O) groups is 1. The van der Waals surface area contributed by atoms with Gasteiger partial charge in [-0.3, -0.25) is 9.69 Å². The van der Waals surface area contributed by atoms with Gasteiger partial charge in [-0.2, -0.15) is 0 Å². The second-order valence-corrected chi connectivity index (χ2v) is 8.44. The molecule has 0 atom stereocenters. The molecule has 0 unspecified atom stereocenters. The van der Waals surface area contributed by atoms with Gasteiger partial charge in [0, 0.05) is 0 Å². The van der Waals surface area contributed by atoms with E-state index in [4.69, 9.17) is 44.6 Å². The van der Waals surface area contributed by atoms with Crippen LogP contribution in [0.15, 0.2) is 63.9 Å². The summed E-state index contributed by atoms with van der Waals surface area (Å²) in [5, 5.41) is 0.827. The zero-order valence-corrected chi connectivity index (χ0v) is 18.9. The van der Waals surface area contributed by atoms with E-state index < -0.39 is 0 Å². The Balaban J connectivity index is 1.59. The molecule has 1 aliphatic heterocycles. The van der Waals surface area contributed by atoms with Gasteiger partial charge in [0.1, 0.15) is 22.3 Å². The second kappa shape index (κ2) is 8.86. The number of thioether (sulfide) groups is 1. The van der Waals surface area contributed by atoms with E-state index in [0.717, 1.165) is 17.5 Å². The molecule has 4 rings (SSSR count). The minimum atomic E-state index is -0.170. The van der Waals surface area contributed by atoms with Gasteiger partial charge in [0.2, 0.25) is 0 Å². The standard InChI is InChI=1S/C22H15Cl2NO3S2/c1-2-27-14-8-6-13(7-9-14)25-21(29)19(30-22(25)26)12-15-10-11-18(28-15)20-16(23)4-3-5-17(20)24/h3-12H,2H2,1H3/b19-12-. The Morgan fingerprint density at radius 2 is 1.80 bits per heavy atom. The number of nitrogens with zero attached hydrogens (tertiary/aromatic N) is 1. The largest absolute Gasteiger partial charge is 0.494 e. The lowest BCUT2D eigenvalue weighted by molar-refractivity contribution is 0.268. The summed E-state index contributed by atoms with van der Waals surface area (Å²) in [7, 11) is 0. The summed E-state index contributed by atoms with van der Waals surface area (Å²) in [6.07, 6.45) is 1.74. The maximum absolute atomic E-state index is 12.6. The molecule has 30 heavy (non-hydrogen) atoms. The number of rotatable bonds is 5. The molecular formula is C22H15Cl2NO3S2. The molecule has 2 heterocycles. The molecule has 1 aromatic heterocycles. The third kappa shape index (κ3) is 4.14. The molecule has 0 spiro atoms. The lowest BCUT2D eigenvalue weighted by Gasteiger charge is -2.15.